The highest BCUT2D eigenvalue weighted by molar-refractivity contribution is 8.18. The lowest BCUT2D eigenvalue weighted by molar-refractivity contribution is -0.138. The molecule has 0 amide bonds. The van der Waals surface area contributed by atoms with Crippen LogP contribution in [0.15, 0.2) is 57.6 Å². The summed E-state index contributed by atoms with van der Waals surface area (Å²) < 4.78 is 15.4. The number of aliphatic imine (C=N–C) groups is 1. The maximum absolute atomic E-state index is 12.5. The summed E-state index contributed by atoms with van der Waals surface area (Å²) in [5.41, 5.74) is 1.12. The standard InChI is InChI=1S/C22H20ClNO6S/c1-4-30-22(27)18-20(26)17(31-21(18)24-14-7-5-13(23)6-8-14)11-12-9-15(28-2)19(25)16(10-12)29-3/h5-11,25-26H,4H2,1-3H3/b17-11+,24-21?. The van der Waals surface area contributed by atoms with Gasteiger partial charge in [0.05, 0.1) is 31.4 Å². The van der Waals surface area contributed by atoms with Crippen molar-refractivity contribution in [3.05, 3.63) is 63.2 Å². The van der Waals surface area contributed by atoms with E-state index in [0.29, 0.717) is 26.2 Å². The number of nitrogens with zero attached hydrogens (tertiary/aromatic N) is 1. The van der Waals surface area contributed by atoms with Crippen LogP contribution in [-0.4, -0.2) is 42.1 Å². The number of hydrogen-bond acceptors (Lipinski definition) is 8. The highest BCUT2D eigenvalue weighted by atomic mass is 35.5. The van der Waals surface area contributed by atoms with Crippen molar-refractivity contribution in [1.82, 2.24) is 0 Å². The van der Waals surface area contributed by atoms with Crippen molar-refractivity contribution in [3.8, 4) is 17.2 Å². The molecule has 0 atom stereocenters. The number of aliphatic hydroxyl groups excluding tert-OH is 1. The third-order valence-electron chi connectivity index (χ3n) is 4.23. The third-order valence-corrected chi connectivity index (χ3v) is 5.50. The van der Waals surface area contributed by atoms with Crippen LogP contribution >= 0.6 is 23.4 Å². The highest BCUT2D eigenvalue weighted by Gasteiger charge is 2.33. The van der Waals surface area contributed by atoms with E-state index in [-0.39, 0.29) is 35.2 Å². The fourth-order valence-corrected chi connectivity index (χ4v) is 3.93. The summed E-state index contributed by atoms with van der Waals surface area (Å²) in [6.07, 6.45) is 1.63. The summed E-state index contributed by atoms with van der Waals surface area (Å²) >= 11 is 7.04. The monoisotopic (exact) mass is 461 g/mol. The lowest BCUT2D eigenvalue weighted by Crippen LogP contribution is -2.12. The normalized spacial score (nSPS) is 16.1. The van der Waals surface area contributed by atoms with Gasteiger partial charge in [-0.25, -0.2) is 9.79 Å². The Morgan fingerprint density at radius 3 is 2.29 bits per heavy atom. The predicted octanol–water partition coefficient (Wildman–Crippen LogP) is 5.26. The van der Waals surface area contributed by atoms with Crippen molar-refractivity contribution in [2.75, 3.05) is 20.8 Å². The van der Waals surface area contributed by atoms with Crippen LogP contribution in [0.3, 0.4) is 0 Å². The maximum atomic E-state index is 12.5. The fraction of sp³-hybridized carbons (Fsp3) is 0.182. The van der Waals surface area contributed by atoms with Crippen LogP contribution in [0.25, 0.3) is 6.08 Å². The number of phenols is 1. The van der Waals surface area contributed by atoms with E-state index in [4.69, 9.17) is 25.8 Å². The van der Waals surface area contributed by atoms with Gasteiger partial charge >= 0.3 is 5.97 Å². The molecule has 2 N–H and O–H groups in total. The summed E-state index contributed by atoms with van der Waals surface area (Å²) in [5.74, 6) is -0.647. The molecule has 9 heteroatoms. The second-order valence-electron chi connectivity index (χ2n) is 6.22. The van der Waals surface area contributed by atoms with E-state index in [0.717, 1.165) is 11.8 Å². The van der Waals surface area contributed by atoms with Crippen LogP contribution in [0, 0.1) is 0 Å². The summed E-state index contributed by atoms with van der Waals surface area (Å²) in [7, 11) is 2.84. The quantitative estimate of drug-likeness (QED) is 0.566. The zero-order valence-corrected chi connectivity index (χ0v) is 18.6. The van der Waals surface area contributed by atoms with Crippen LogP contribution in [0.4, 0.5) is 5.69 Å². The molecule has 0 bridgehead atoms. The number of carbonyl (C=O) groups is 1. The Bertz CT molecular complexity index is 1070. The van der Waals surface area contributed by atoms with Crippen molar-refractivity contribution in [2.24, 2.45) is 4.99 Å². The van der Waals surface area contributed by atoms with Gasteiger partial charge in [0.2, 0.25) is 5.75 Å². The van der Waals surface area contributed by atoms with Gasteiger partial charge in [0.25, 0.3) is 0 Å². The molecule has 0 radical (unpaired) electrons. The van der Waals surface area contributed by atoms with E-state index in [2.05, 4.69) is 4.99 Å². The maximum Gasteiger partial charge on any atom is 0.344 e. The zero-order valence-electron chi connectivity index (χ0n) is 17.0. The van der Waals surface area contributed by atoms with Gasteiger partial charge in [-0.1, -0.05) is 23.4 Å². The molecule has 162 valence electrons. The van der Waals surface area contributed by atoms with Gasteiger partial charge in [-0.05, 0) is 55.0 Å². The van der Waals surface area contributed by atoms with Gasteiger partial charge in [-0.3, -0.25) is 0 Å². The van der Waals surface area contributed by atoms with Crippen LogP contribution < -0.4 is 9.47 Å². The molecule has 0 saturated heterocycles. The molecule has 1 heterocycles. The number of aromatic hydroxyl groups is 1. The zero-order chi connectivity index (χ0) is 22.5. The SMILES string of the molecule is CCOC(=O)C1=C(O)/C(=C\c2cc(OC)c(O)c(OC)c2)SC1=Nc1ccc(Cl)cc1. The average molecular weight is 462 g/mol. The van der Waals surface area contributed by atoms with E-state index < -0.39 is 5.97 Å². The number of hydrogen-bond donors (Lipinski definition) is 2. The van der Waals surface area contributed by atoms with Crippen LogP contribution in [0.5, 0.6) is 17.2 Å². The first-order valence-electron chi connectivity index (χ1n) is 9.17. The number of carbonyl (C=O) groups excluding carboxylic acids is 1. The van der Waals surface area contributed by atoms with E-state index in [1.165, 1.54) is 14.2 Å². The Kier molecular flexibility index (Phi) is 7.14. The molecule has 0 saturated carbocycles. The second kappa shape index (κ2) is 9.80. The van der Waals surface area contributed by atoms with E-state index in [9.17, 15) is 15.0 Å². The number of rotatable bonds is 6. The van der Waals surface area contributed by atoms with Crippen molar-refractivity contribution in [1.29, 1.82) is 0 Å². The lowest BCUT2D eigenvalue weighted by Gasteiger charge is -2.10. The molecule has 0 unspecified atom stereocenters. The molecule has 1 aliphatic heterocycles. The number of benzene rings is 2. The van der Waals surface area contributed by atoms with E-state index in [1.807, 2.05) is 0 Å². The summed E-state index contributed by atoms with van der Waals surface area (Å²) in [4.78, 5) is 17.4. The lowest BCUT2D eigenvalue weighted by atomic mass is 10.1. The van der Waals surface area contributed by atoms with Crippen LogP contribution in [-0.2, 0) is 9.53 Å². The average Bonchev–Trinajstić information content (AvgIpc) is 3.05. The number of phenolic OH excluding ortho intramolecular Hbond substituents is 1. The molecule has 2 aromatic rings. The van der Waals surface area contributed by atoms with Gasteiger partial charge in [0, 0.05) is 5.02 Å². The Morgan fingerprint density at radius 1 is 1.13 bits per heavy atom. The van der Waals surface area contributed by atoms with Gasteiger partial charge in [0.15, 0.2) is 11.5 Å². The molecule has 31 heavy (non-hydrogen) atoms. The minimum Gasteiger partial charge on any atom is -0.506 e. The highest BCUT2D eigenvalue weighted by Crippen LogP contribution is 2.42. The first-order chi connectivity index (χ1) is 14.9. The first-order valence-corrected chi connectivity index (χ1v) is 10.4. The Morgan fingerprint density at radius 2 is 1.74 bits per heavy atom. The van der Waals surface area contributed by atoms with Crippen molar-refractivity contribution < 1.29 is 29.2 Å². The number of aliphatic hydroxyl groups is 1. The molecular formula is C22H20ClNO6S. The van der Waals surface area contributed by atoms with Crippen molar-refractivity contribution in [3.63, 3.8) is 0 Å². The molecule has 7 nitrogen and oxygen atoms in total. The minimum absolute atomic E-state index is 0.0224. The molecule has 0 fully saturated rings. The first kappa shape index (κ1) is 22.6. The van der Waals surface area contributed by atoms with E-state index in [1.54, 1.807) is 49.4 Å². The van der Waals surface area contributed by atoms with Gasteiger partial charge < -0.3 is 24.4 Å². The molecule has 0 spiro atoms. The minimum atomic E-state index is -0.676. The van der Waals surface area contributed by atoms with Gasteiger partial charge in [0.1, 0.15) is 16.4 Å². The molecule has 0 aromatic heterocycles. The second-order valence-corrected chi connectivity index (χ2v) is 7.69. The Labute approximate surface area is 188 Å². The molecule has 3 rings (SSSR count). The summed E-state index contributed by atoms with van der Waals surface area (Å²) in [6, 6.07) is 9.92. The number of thioether (sulfide) groups is 1. The molecule has 0 aliphatic carbocycles. The molecule has 1 aliphatic rings. The van der Waals surface area contributed by atoms with Crippen LogP contribution in [0.1, 0.15) is 12.5 Å². The molecular weight excluding hydrogens is 442 g/mol. The number of ether oxygens (including phenoxy) is 3. The summed E-state index contributed by atoms with van der Waals surface area (Å²) in [6.45, 7) is 1.83. The predicted molar refractivity (Wildman–Crippen MR) is 122 cm³/mol. The van der Waals surface area contributed by atoms with E-state index >= 15 is 0 Å². The largest absolute Gasteiger partial charge is 0.506 e. The third kappa shape index (κ3) is 4.98. The van der Waals surface area contributed by atoms with Crippen molar-refractivity contribution in [2.45, 2.75) is 6.92 Å². The molecule has 2 aromatic carbocycles. The smallest absolute Gasteiger partial charge is 0.344 e. The van der Waals surface area contributed by atoms with Gasteiger partial charge in [-0.15, -0.1) is 0 Å². The topological polar surface area (TPSA) is 97.6 Å². The number of esters is 1. The summed E-state index contributed by atoms with van der Waals surface area (Å²) in [5, 5.41) is 21.7. The number of halogens is 1. The Balaban J connectivity index is 2.08. The van der Waals surface area contributed by atoms with Crippen LogP contribution in [0.2, 0.25) is 5.02 Å². The Hall–Kier alpha value is -3.10. The van der Waals surface area contributed by atoms with Gasteiger partial charge in [-0.2, -0.15) is 0 Å². The fourth-order valence-electron chi connectivity index (χ4n) is 2.77. The number of methoxy groups -OCH3 is 2. The van der Waals surface area contributed by atoms with Crippen molar-refractivity contribution >= 4 is 46.1 Å².